The average Bonchev–Trinajstić information content (AvgIpc) is 2.40. The summed E-state index contributed by atoms with van der Waals surface area (Å²) in [5.41, 5.74) is 2.83. The molecule has 0 amide bonds. The molecule has 2 nitrogen and oxygen atoms in total. The van der Waals surface area contributed by atoms with Gasteiger partial charge in [0.05, 0.1) is 6.10 Å². The molecule has 0 saturated heterocycles. The summed E-state index contributed by atoms with van der Waals surface area (Å²) in [5.74, 6) is 0. The Kier molecular flexibility index (Phi) is 4.86. The zero-order valence-electron chi connectivity index (χ0n) is 10.5. The molecule has 4 heteroatoms. The third-order valence-electron chi connectivity index (χ3n) is 2.93. The molecule has 0 aliphatic heterocycles. The first kappa shape index (κ1) is 14.4. The third-order valence-corrected chi connectivity index (χ3v) is 3.86. The van der Waals surface area contributed by atoms with E-state index in [-0.39, 0.29) is 0 Å². The van der Waals surface area contributed by atoms with E-state index in [0.29, 0.717) is 6.54 Å². The highest BCUT2D eigenvalue weighted by Gasteiger charge is 2.07. The first-order valence-corrected chi connectivity index (χ1v) is 7.17. The fourth-order valence-corrected chi connectivity index (χ4v) is 2.17. The van der Waals surface area contributed by atoms with Crippen LogP contribution in [0.5, 0.6) is 0 Å². The van der Waals surface area contributed by atoms with Gasteiger partial charge in [-0.15, -0.1) is 0 Å². The van der Waals surface area contributed by atoms with Gasteiger partial charge in [0.25, 0.3) is 0 Å². The molecule has 0 fully saturated rings. The number of hydrogen-bond acceptors (Lipinski definition) is 2. The maximum absolute atomic E-state index is 10.1. The molecule has 0 aromatic heterocycles. The Labute approximate surface area is 126 Å². The predicted molar refractivity (Wildman–Crippen MR) is 83.8 cm³/mol. The Bertz CT molecular complexity index is 557. The maximum Gasteiger partial charge on any atom is 0.0962 e. The molecule has 2 aromatic carbocycles. The Morgan fingerprint density at radius 2 is 1.89 bits per heavy atom. The number of aryl methyl sites for hydroxylation is 1. The minimum absolute atomic E-state index is 0.445. The van der Waals surface area contributed by atoms with E-state index in [1.807, 2.05) is 49.4 Å². The lowest BCUT2D eigenvalue weighted by molar-refractivity contribution is 0.191. The lowest BCUT2D eigenvalue weighted by Crippen LogP contribution is -2.12. The predicted octanol–water partition coefficient (Wildman–Crippen LogP) is 4.56. The van der Waals surface area contributed by atoms with Gasteiger partial charge in [-0.25, -0.2) is 0 Å². The molecule has 2 N–H and O–H groups in total. The van der Waals surface area contributed by atoms with Crippen LogP contribution in [0.25, 0.3) is 0 Å². The molecule has 2 rings (SSSR count). The van der Waals surface area contributed by atoms with Crippen LogP contribution in [0.15, 0.2) is 46.9 Å². The van der Waals surface area contributed by atoms with E-state index in [1.165, 1.54) is 0 Å². The second-order valence-corrected chi connectivity index (χ2v) is 5.74. The fraction of sp³-hybridized carbons (Fsp3) is 0.200. The van der Waals surface area contributed by atoms with Crippen LogP contribution >= 0.6 is 27.5 Å². The molecule has 0 bridgehead atoms. The Morgan fingerprint density at radius 1 is 1.21 bits per heavy atom. The van der Waals surface area contributed by atoms with Crippen LogP contribution in [0.3, 0.4) is 0 Å². The first-order valence-electron chi connectivity index (χ1n) is 6.00. The molecular weight excluding hydrogens is 326 g/mol. The second-order valence-electron chi connectivity index (χ2n) is 4.41. The van der Waals surface area contributed by atoms with Crippen molar-refractivity contribution in [3.8, 4) is 0 Å². The van der Waals surface area contributed by atoms with E-state index >= 15 is 0 Å². The van der Waals surface area contributed by atoms with E-state index in [2.05, 4.69) is 21.2 Å². The van der Waals surface area contributed by atoms with Crippen LogP contribution in [0.4, 0.5) is 5.69 Å². The average molecular weight is 341 g/mol. The molecule has 0 saturated carbocycles. The molecular formula is C15H15BrClNO. The maximum atomic E-state index is 10.1. The van der Waals surface area contributed by atoms with Crippen molar-refractivity contribution in [2.24, 2.45) is 0 Å². The standard InChI is InChI=1S/C15H15BrClNO/c1-10-2-7-13(8-14(10)17)18-9-15(19)11-3-5-12(16)6-4-11/h2-8,15,18-19H,9H2,1H3. The fourth-order valence-electron chi connectivity index (χ4n) is 1.72. The van der Waals surface area contributed by atoms with Crippen LogP contribution in [0.1, 0.15) is 17.2 Å². The van der Waals surface area contributed by atoms with Crippen LogP contribution in [-0.4, -0.2) is 11.7 Å². The highest BCUT2D eigenvalue weighted by molar-refractivity contribution is 9.10. The molecule has 1 atom stereocenters. The van der Waals surface area contributed by atoms with Crippen molar-refractivity contribution >= 4 is 33.2 Å². The lowest BCUT2D eigenvalue weighted by Gasteiger charge is -2.14. The highest BCUT2D eigenvalue weighted by atomic mass is 79.9. The van der Waals surface area contributed by atoms with Crippen molar-refractivity contribution < 1.29 is 5.11 Å². The van der Waals surface area contributed by atoms with Crippen LogP contribution in [-0.2, 0) is 0 Å². The SMILES string of the molecule is Cc1ccc(NCC(O)c2ccc(Br)cc2)cc1Cl. The number of rotatable bonds is 4. The molecule has 0 radical (unpaired) electrons. The number of nitrogens with one attached hydrogen (secondary N) is 1. The van der Waals surface area contributed by atoms with Crippen LogP contribution in [0, 0.1) is 6.92 Å². The van der Waals surface area contributed by atoms with Gasteiger partial charge in [-0.05, 0) is 42.3 Å². The van der Waals surface area contributed by atoms with Crippen LogP contribution in [0.2, 0.25) is 5.02 Å². The molecule has 0 spiro atoms. The summed E-state index contributed by atoms with van der Waals surface area (Å²) in [6.45, 7) is 2.41. The molecule has 1 unspecified atom stereocenters. The Morgan fingerprint density at radius 3 is 2.53 bits per heavy atom. The number of benzene rings is 2. The van der Waals surface area contributed by atoms with Gasteiger partial charge in [0, 0.05) is 21.7 Å². The zero-order chi connectivity index (χ0) is 13.8. The number of anilines is 1. The molecule has 2 aromatic rings. The van der Waals surface area contributed by atoms with Gasteiger partial charge in [0.15, 0.2) is 0 Å². The number of aliphatic hydroxyl groups excluding tert-OH is 1. The summed E-state index contributed by atoms with van der Waals surface area (Å²) in [5, 5.41) is 14.0. The second kappa shape index (κ2) is 6.42. The third kappa shape index (κ3) is 3.96. The molecule has 19 heavy (non-hydrogen) atoms. The summed E-state index contributed by atoms with van der Waals surface area (Å²) < 4.78 is 1.00. The number of hydrogen-bond donors (Lipinski definition) is 2. The van der Waals surface area contributed by atoms with E-state index in [9.17, 15) is 5.11 Å². The first-order chi connectivity index (χ1) is 9.06. The van der Waals surface area contributed by atoms with Gasteiger partial charge in [0.1, 0.15) is 0 Å². The normalized spacial score (nSPS) is 12.2. The van der Waals surface area contributed by atoms with Crippen molar-refractivity contribution in [1.29, 1.82) is 0 Å². The van der Waals surface area contributed by atoms with E-state index in [0.717, 1.165) is 26.3 Å². The Balaban J connectivity index is 1.98. The summed E-state index contributed by atoms with van der Waals surface area (Å²) in [6.07, 6.45) is -0.548. The minimum atomic E-state index is -0.548. The van der Waals surface area contributed by atoms with Gasteiger partial charge >= 0.3 is 0 Å². The summed E-state index contributed by atoms with van der Waals surface area (Å²) in [7, 11) is 0. The van der Waals surface area contributed by atoms with E-state index < -0.39 is 6.10 Å². The van der Waals surface area contributed by atoms with Gasteiger partial charge in [0.2, 0.25) is 0 Å². The summed E-state index contributed by atoms with van der Waals surface area (Å²) in [4.78, 5) is 0. The van der Waals surface area contributed by atoms with E-state index in [4.69, 9.17) is 11.6 Å². The Hall–Kier alpha value is -1.03. The molecule has 0 heterocycles. The molecule has 100 valence electrons. The van der Waals surface area contributed by atoms with Gasteiger partial charge in [-0.1, -0.05) is 45.7 Å². The van der Waals surface area contributed by atoms with Gasteiger partial charge < -0.3 is 10.4 Å². The van der Waals surface area contributed by atoms with E-state index in [1.54, 1.807) is 0 Å². The highest BCUT2D eigenvalue weighted by Crippen LogP contribution is 2.21. The summed E-state index contributed by atoms with van der Waals surface area (Å²) >= 11 is 9.43. The van der Waals surface area contributed by atoms with Crippen LogP contribution < -0.4 is 5.32 Å². The summed E-state index contributed by atoms with van der Waals surface area (Å²) in [6, 6.07) is 13.4. The molecule has 0 aliphatic rings. The zero-order valence-corrected chi connectivity index (χ0v) is 12.9. The lowest BCUT2D eigenvalue weighted by atomic mass is 10.1. The molecule has 0 aliphatic carbocycles. The number of aliphatic hydroxyl groups is 1. The van der Waals surface area contributed by atoms with Crippen molar-refractivity contribution in [2.45, 2.75) is 13.0 Å². The minimum Gasteiger partial charge on any atom is -0.387 e. The van der Waals surface area contributed by atoms with Crippen molar-refractivity contribution in [1.82, 2.24) is 0 Å². The van der Waals surface area contributed by atoms with Crippen molar-refractivity contribution in [2.75, 3.05) is 11.9 Å². The monoisotopic (exact) mass is 339 g/mol. The van der Waals surface area contributed by atoms with Gasteiger partial charge in [-0.3, -0.25) is 0 Å². The quantitative estimate of drug-likeness (QED) is 0.855. The van der Waals surface area contributed by atoms with Gasteiger partial charge in [-0.2, -0.15) is 0 Å². The topological polar surface area (TPSA) is 32.3 Å². The van der Waals surface area contributed by atoms with Crippen molar-refractivity contribution in [3.05, 3.63) is 63.1 Å². The number of halogens is 2. The van der Waals surface area contributed by atoms with Crippen molar-refractivity contribution in [3.63, 3.8) is 0 Å². The largest absolute Gasteiger partial charge is 0.387 e. The smallest absolute Gasteiger partial charge is 0.0962 e.